The highest BCUT2D eigenvalue weighted by molar-refractivity contribution is 8.00. The number of nitrogens with zero attached hydrogens (tertiary/aromatic N) is 2. The summed E-state index contributed by atoms with van der Waals surface area (Å²) in [6.07, 6.45) is 1.98. The highest BCUT2D eigenvalue weighted by Crippen LogP contribution is 2.37. The van der Waals surface area contributed by atoms with Crippen LogP contribution in [-0.2, 0) is 20.9 Å². The summed E-state index contributed by atoms with van der Waals surface area (Å²) in [7, 11) is 0. The minimum atomic E-state index is -0.876. The summed E-state index contributed by atoms with van der Waals surface area (Å²) in [5.41, 5.74) is -0.250. The van der Waals surface area contributed by atoms with Gasteiger partial charge in [-0.25, -0.2) is 0 Å². The molecular formula is C27H27ClN2O6S2. The zero-order valence-corrected chi connectivity index (χ0v) is 23.5. The number of thioether (sulfide) groups is 1. The van der Waals surface area contributed by atoms with Crippen LogP contribution in [0.5, 0.6) is 5.75 Å². The van der Waals surface area contributed by atoms with Crippen LogP contribution in [0, 0.1) is 15.5 Å². The maximum absolute atomic E-state index is 13.7. The van der Waals surface area contributed by atoms with E-state index in [0.717, 1.165) is 0 Å². The van der Waals surface area contributed by atoms with E-state index < -0.39 is 10.3 Å². The Bertz CT molecular complexity index is 1270. The molecule has 1 unspecified atom stereocenters. The fourth-order valence-corrected chi connectivity index (χ4v) is 4.73. The summed E-state index contributed by atoms with van der Waals surface area (Å²) in [4.78, 5) is 38.5. The number of thiocarbonyl (C=S) groups is 1. The van der Waals surface area contributed by atoms with Crippen molar-refractivity contribution in [3.63, 3.8) is 0 Å². The summed E-state index contributed by atoms with van der Waals surface area (Å²) >= 11 is 13.1. The van der Waals surface area contributed by atoms with Gasteiger partial charge >= 0.3 is 0 Å². The molecule has 1 atom stereocenters. The Labute approximate surface area is 235 Å². The third-order valence-corrected chi connectivity index (χ3v) is 7.15. The standard InChI is InChI=1S/C27H27ClN2O6S2/c1-5-14-38-22-15-21(31)29(22)23(26(37)35-16-17-6-10-19(11-7-17)30(33)34)24(25(32)27(2,3)4)36-20-12-8-18(28)9-13-20/h5-13,22H,1,14-16H2,2-4H3. The van der Waals surface area contributed by atoms with Crippen molar-refractivity contribution in [2.45, 2.75) is 39.2 Å². The van der Waals surface area contributed by atoms with Crippen LogP contribution in [0.2, 0.25) is 5.02 Å². The van der Waals surface area contributed by atoms with Crippen molar-refractivity contribution < 1.29 is 24.0 Å². The van der Waals surface area contributed by atoms with Crippen LogP contribution in [0.25, 0.3) is 0 Å². The van der Waals surface area contributed by atoms with Gasteiger partial charge in [-0.15, -0.1) is 18.3 Å². The number of carbonyl (C=O) groups excluding carboxylic acids is 2. The van der Waals surface area contributed by atoms with Crippen LogP contribution in [0.1, 0.15) is 32.8 Å². The summed E-state index contributed by atoms with van der Waals surface area (Å²) < 4.78 is 12.0. The van der Waals surface area contributed by atoms with Crippen LogP contribution >= 0.6 is 35.6 Å². The van der Waals surface area contributed by atoms with Gasteiger partial charge in [0.25, 0.3) is 5.69 Å². The largest absolute Gasteiger partial charge is 0.477 e. The van der Waals surface area contributed by atoms with Gasteiger partial charge in [-0.1, -0.05) is 38.4 Å². The zero-order valence-electron chi connectivity index (χ0n) is 21.1. The number of hydrogen-bond acceptors (Lipinski definition) is 8. The van der Waals surface area contributed by atoms with E-state index in [0.29, 0.717) is 22.1 Å². The second-order valence-electron chi connectivity index (χ2n) is 9.36. The molecule has 1 fully saturated rings. The lowest BCUT2D eigenvalue weighted by Gasteiger charge is -2.41. The quantitative estimate of drug-likeness (QED) is 0.0572. The molecule has 2 aromatic carbocycles. The molecule has 0 saturated carbocycles. The molecule has 1 aliphatic rings. The van der Waals surface area contributed by atoms with Crippen LogP contribution in [-0.4, -0.2) is 37.7 Å². The number of carbonyl (C=O) groups is 2. The van der Waals surface area contributed by atoms with E-state index >= 15 is 0 Å². The summed E-state index contributed by atoms with van der Waals surface area (Å²) in [5.74, 6) is 0.183. The van der Waals surface area contributed by atoms with Gasteiger partial charge in [0.1, 0.15) is 18.1 Å². The van der Waals surface area contributed by atoms with Crippen LogP contribution in [0.15, 0.2) is 72.6 Å². The Balaban J connectivity index is 2.05. The van der Waals surface area contributed by atoms with E-state index in [2.05, 4.69) is 6.58 Å². The van der Waals surface area contributed by atoms with E-state index in [-0.39, 0.29) is 52.3 Å². The van der Waals surface area contributed by atoms with E-state index in [1.54, 1.807) is 63.2 Å². The predicted octanol–water partition coefficient (Wildman–Crippen LogP) is 6.48. The third kappa shape index (κ3) is 7.21. The number of nitro benzene ring substituents is 1. The van der Waals surface area contributed by atoms with Gasteiger partial charge in [-0.3, -0.25) is 24.6 Å². The number of halogens is 1. The molecule has 0 aliphatic carbocycles. The number of β-lactam (4-membered cyclic amide) rings is 1. The topological polar surface area (TPSA) is 99.0 Å². The summed E-state index contributed by atoms with van der Waals surface area (Å²) in [6, 6.07) is 12.3. The molecule has 2 aromatic rings. The minimum absolute atomic E-state index is 0.0369. The molecule has 1 aliphatic heterocycles. The maximum Gasteiger partial charge on any atom is 0.269 e. The van der Waals surface area contributed by atoms with Gasteiger partial charge in [-0.05, 0) is 54.2 Å². The number of likely N-dealkylation sites (tertiary alicyclic amines) is 1. The Kier molecular flexibility index (Phi) is 9.70. The van der Waals surface area contributed by atoms with Crippen LogP contribution in [0.4, 0.5) is 5.69 Å². The first-order valence-electron chi connectivity index (χ1n) is 11.6. The SMILES string of the molecule is C=CCSC1CC(=O)N1C(C(=S)OCc1ccc([N+](=O)[O-])cc1)=C(Oc1ccc(Cl)cc1)C(=O)C(C)(C)C. The third-order valence-electron chi connectivity index (χ3n) is 5.40. The Morgan fingerprint density at radius 1 is 1.24 bits per heavy atom. The van der Waals surface area contributed by atoms with Crippen molar-refractivity contribution in [1.29, 1.82) is 0 Å². The van der Waals surface area contributed by atoms with Crippen molar-refractivity contribution in [1.82, 2.24) is 4.90 Å². The number of rotatable bonds is 11. The van der Waals surface area contributed by atoms with E-state index in [1.165, 1.54) is 28.8 Å². The van der Waals surface area contributed by atoms with Gasteiger partial charge in [-0.2, -0.15) is 0 Å². The lowest BCUT2D eigenvalue weighted by molar-refractivity contribution is -0.384. The van der Waals surface area contributed by atoms with Gasteiger partial charge in [0.05, 0.1) is 16.7 Å². The second-order valence-corrected chi connectivity index (χ2v) is 11.4. The van der Waals surface area contributed by atoms with Crippen molar-refractivity contribution in [2.75, 3.05) is 5.75 Å². The molecule has 0 radical (unpaired) electrons. The highest BCUT2D eigenvalue weighted by atomic mass is 35.5. The van der Waals surface area contributed by atoms with Gasteiger partial charge in [0.2, 0.25) is 16.7 Å². The fraction of sp³-hybridized carbons (Fsp3) is 0.296. The molecule has 1 heterocycles. The van der Waals surface area contributed by atoms with Crippen LogP contribution in [0.3, 0.4) is 0 Å². The molecule has 11 heteroatoms. The first kappa shape index (κ1) is 29.3. The van der Waals surface area contributed by atoms with E-state index in [1.807, 2.05) is 0 Å². The minimum Gasteiger partial charge on any atom is -0.477 e. The lowest BCUT2D eigenvalue weighted by atomic mass is 9.88. The Morgan fingerprint density at radius 3 is 2.39 bits per heavy atom. The van der Waals surface area contributed by atoms with Crippen molar-refractivity contribution >= 4 is 58.0 Å². The number of nitro groups is 1. The van der Waals surface area contributed by atoms with Gasteiger partial charge in [0, 0.05) is 28.3 Å². The van der Waals surface area contributed by atoms with Gasteiger partial charge < -0.3 is 9.47 Å². The summed E-state index contributed by atoms with van der Waals surface area (Å²) in [5, 5.41) is 11.0. The number of amides is 1. The highest BCUT2D eigenvalue weighted by Gasteiger charge is 2.44. The van der Waals surface area contributed by atoms with Gasteiger partial charge in [0.15, 0.2) is 5.76 Å². The normalized spacial score (nSPS) is 15.7. The maximum atomic E-state index is 13.7. The molecule has 1 amide bonds. The van der Waals surface area contributed by atoms with E-state index in [9.17, 15) is 19.7 Å². The number of benzene rings is 2. The number of non-ortho nitro benzene ring substituents is 1. The lowest BCUT2D eigenvalue weighted by Crippen LogP contribution is -2.53. The monoisotopic (exact) mass is 574 g/mol. The van der Waals surface area contributed by atoms with Crippen molar-refractivity contribution in [3.05, 3.63) is 93.3 Å². The second kappa shape index (κ2) is 12.6. The van der Waals surface area contributed by atoms with E-state index in [4.69, 9.17) is 33.3 Å². The molecule has 3 rings (SSSR count). The van der Waals surface area contributed by atoms with Crippen molar-refractivity contribution in [3.8, 4) is 5.75 Å². The molecule has 0 spiro atoms. The first-order chi connectivity index (χ1) is 17.9. The molecule has 38 heavy (non-hydrogen) atoms. The fourth-order valence-electron chi connectivity index (χ4n) is 3.36. The summed E-state index contributed by atoms with van der Waals surface area (Å²) in [6.45, 7) is 8.91. The average molecular weight is 575 g/mol. The average Bonchev–Trinajstić information content (AvgIpc) is 2.87. The number of Topliss-reactive ketones (excluding diaryl/α,β-unsaturated/α-hetero) is 1. The molecule has 0 bridgehead atoms. The number of hydrogen-bond donors (Lipinski definition) is 0. The predicted molar refractivity (Wildman–Crippen MR) is 152 cm³/mol. The molecule has 0 aromatic heterocycles. The molecule has 1 saturated heterocycles. The van der Waals surface area contributed by atoms with Crippen molar-refractivity contribution in [2.24, 2.45) is 5.41 Å². The number of ketones is 1. The first-order valence-corrected chi connectivity index (χ1v) is 13.4. The molecule has 0 N–H and O–H groups in total. The Morgan fingerprint density at radius 2 is 1.87 bits per heavy atom. The Hall–Kier alpha value is -3.21. The zero-order chi connectivity index (χ0) is 28.0. The van der Waals surface area contributed by atoms with Crippen LogP contribution < -0.4 is 4.74 Å². The smallest absolute Gasteiger partial charge is 0.269 e. The number of ether oxygens (including phenoxy) is 2. The molecule has 200 valence electrons. The molecule has 8 nitrogen and oxygen atoms in total. The number of allylic oxidation sites excluding steroid dienone is 1. The molecular weight excluding hydrogens is 548 g/mol.